The van der Waals surface area contributed by atoms with E-state index >= 15 is 0 Å². The van der Waals surface area contributed by atoms with Crippen molar-refractivity contribution < 1.29 is 0 Å². The van der Waals surface area contributed by atoms with Crippen LogP contribution in [0.1, 0.15) is 12.0 Å². The molecular formula is C12H16Cl2N2S2. The Bertz CT molecular complexity index is 400. The monoisotopic (exact) mass is 322 g/mol. The van der Waals surface area contributed by atoms with Gasteiger partial charge >= 0.3 is 0 Å². The molecule has 0 aliphatic carbocycles. The molecule has 1 aromatic rings. The van der Waals surface area contributed by atoms with Gasteiger partial charge in [-0.25, -0.2) is 0 Å². The lowest BCUT2D eigenvalue weighted by molar-refractivity contribution is 0.804. The van der Waals surface area contributed by atoms with Crippen LogP contribution in [0, 0.1) is 0 Å². The van der Waals surface area contributed by atoms with E-state index in [4.69, 9.17) is 35.4 Å². The van der Waals surface area contributed by atoms with Gasteiger partial charge in [0.2, 0.25) is 0 Å². The third-order valence-corrected chi connectivity index (χ3v) is 3.84. The van der Waals surface area contributed by atoms with Crippen LogP contribution in [0.15, 0.2) is 18.2 Å². The minimum Gasteiger partial charge on any atom is -0.363 e. The first-order chi connectivity index (χ1) is 8.63. The molecule has 0 saturated carbocycles. The largest absolute Gasteiger partial charge is 0.363 e. The maximum absolute atomic E-state index is 6.07. The van der Waals surface area contributed by atoms with Crippen molar-refractivity contribution in [1.29, 1.82) is 0 Å². The maximum Gasteiger partial charge on any atom is 0.166 e. The highest BCUT2D eigenvalue weighted by Crippen LogP contribution is 2.20. The second-order valence-electron chi connectivity index (χ2n) is 3.69. The van der Waals surface area contributed by atoms with E-state index in [1.165, 1.54) is 0 Å². The summed E-state index contributed by atoms with van der Waals surface area (Å²) >= 11 is 18.9. The molecule has 0 aliphatic rings. The average molecular weight is 323 g/mol. The quantitative estimate of drug-likeness (QED) is 0.616. The van der Waals surface area contributed by atoms with Gasteiger partial charge in [0.25, 0.3) is 0 Å². The van der Waals surface area contributed by atoms with Crippen LogP contribution in [0.5, 0.6) is 0 Å². The third-order valence-electron chi connectivity index (χ3n) is 2.27. The number of nitrogens with one attached hydrogen (secondary N) is 2. The fourth-order valence-electron chi connectivity index (χ4n) is 1.32. The summed E-state index contributed by atoms with van der Waals surface area (Å²) in [5.74, 6) is 1.14. The van der Waals surface area contributed by atoms with Crippen molar-refractivity contribution in [2.24, 2.45) is 0 Å². The second kappa shape index (κ2) is 8.86. The summed E-state index contributed by atoms with van der Waals surface area (Å²) in [5, 5.41) is 8.23. The zero-order valence-corrected chi connectivity index (χ0v) is 13.3. The highest BCUT2D eigenvalue weighted by atomic mass is 35.5. The lowest BCUT2D eigenvalue weighted by Crippen LogP contribution is -2.35. The number of hydrogen-bond donors (Lipinski definition) is 2. The van der Waals surface area contributed by atoms with E-state index in [0.29, 0.717) is 21.7 Å². The lowest BCUT2D eigenvalue weighted by Gasteiger charge is -2.11. The normalized spacial score (nSPS) is 10.2. The minimum absolute atomic E-state index is 0.602. The van der Waals surface area contributed by atoms with Crippen LogP contribution in [0.3, 0.4) is 0 Å². The van der Waals surface area contributed by atoms with Crippen LogP contribution < -0.4 is 10.6 Å². The van der Waals surface area contributed by atoms with Gasteiger partial charge in [-0.1, -0.05) is 29.3 Å². The Balaban J connectivity index is 2.29. The summed E-state index contributed by atoms with van der Waals surface area (Å²) in [6.07, 6.45) is 3.20. The Morgan fingerprint density at radius 1 is 1.33 bits per heavy atom. The molecule has 0 saturated heterocycles. The van der Waals surface area contributed by atoms with E-state index < -0.39 is 0 Å². The van der Waals surface area contributed by atoms with E-state index in [1.54, 1.807) is 6.07 Å². The maximum atomic E-state index is 6.07. The molecule has 0 heterocycles. The van der Waals surface area contributed by atoms with Crippen molar-refractivity contribution in [3.8, 4) is 0 Å². The number of benzene rings is 1. The van der Waals surface area contributed by atoms with Gasteiger partial charge in [0.15, 0.2) is 5.11 Å². The van der Waals surface area contributed by atoms with Crippen LogP contribution in [0.25, 0.3) is 0 Å². The standard InChI is InChI=1S/C12H16Cl2N2S2/c1-18-6-2-5-15-12(17)16-8-9-3-4-10(13)7-11(9)14/h3-4,7H,2,5-6,8H2,1H3,(H2,15,16,17). The highest BCUT2D eigenvalue weighted by Gasteiger charge is 2.02. The van der Waals surface area contributed by atoms with E-state index in [-0.39, 0.29) is 0 Å². The van der Waals surface area contributed by atoms with Crippen LogP contribution in [0.2, 0.25) is 10.0 Å². The molecule has 0 unspecified atom stereocenters. The molecule has 0 spiro atoms. The van der Waals surface area contributed by atoms with E-state index in [0.717, 1.165) is 24.3 Å². The van der Waals surface area contributed by atoms with Gasteiger partial charge in [0.05, 0.1) is 0 Å². The molecule has 2 N–H and O–H groups in total. The SMILES string of the molecule is CSCCCNC(=S)NCc1ccc(Cl)cc1Cl. The Morgan fingerprint density at radius 2 is 2.11 bits per heavy atom. The first-order valence-corrected chi connectivity index (χ1v) is 8.14. The highest BCUT2D eigenvalue weighted by molar-refractivity contribution is 7.98. The van der Waals surface area contributed by atoms with E-state index in [2.05, 4.69) is 16.9 Å². The molecule has 0 atom stereocenters. The summed E-state index contributed by atoms with van der Waals surface area (Å²) in [6.45, 7) is 1.49. The summed E-state index contributed by atoms with van der Waals surface area (Å²) in [6, 6.07) is 5.45. The molecule has 0 bridgehead atoms. The smallest absolute Gasteiger partial charge is 0.166 e. The van der Waals surface area contributed by atoms with Gasteiger partial charge in [-0.05, 0) is 48.3 Å². The van der Waals surface area contributed by atoms with Gasteiger partial charge in [-0.15, -0.1) is 0 Å². The van der Waals surface area contributed by atoms with E-state index in [9.17, 15) is 0 Å². The molecular weight excluding hydrogens is 307 g/mol. The van der Waals surface area contributed by atoms with Crippen LogP contribution in [0.4, 0.5) is 0 Å². The van der Waals surface area contributed by atoms with E-state index in [1.807, 2.05) is 23.9 Å². The van der Waals surface area contributed by atoms with Crippen molar-refractivity contribution in [3.63, 3.8) is 0 Å². The van der Waals surface area contributed by atoms with Crippen molar-refractivity contribution in [3.05, 3.63) is 33.8 Å². The van der Waals surface area contributed by atoms with Crippen molar-refractivity contribution in [2.75, 3.05) is 18.6 Å². The summed E-state index contributed by atoms with van der Waals surface area (Å²) < 4.78 is 0. The van der Waals surface area contributed by atoms with Gasteiger partial charge in [0.1, 0.15) is 0 Å². The molecule has 1 aromatic carbocycles. The first kappa shape index (κ1) is 15.9. The Kier molecular flexibility index (Phi) is 7.82. The molecule has 18 heavy (non-hydrogen) atoms. The molecule has 0 amide bonds. The average Bonchev–Trinajstić information content (AvgIpc) is 2.33. The molecule has 100 valence electrons. The van der Waals surface area contributed by atoms with Crippen molar-refractivity contribution in [2.45, 2.75) is 13.0 Å². The number of thioether (sulfide) groups is 1. The number of rotatable bonds is 6. The lowest BCUT2D eigenvalue weighted by atomic mass is 10.2. The first-order valence-electron chi connectivity index (χ1n) is 5.58. The number of halogens is 2. The molecule has 0 fully saturated rings. The molecule has 0 radical (unpaired) electrons. The zero-order valence-electron chi connectivity index (χ0n) is 10.1. The fraction of sp³-hybridized carbons (Fsp3) is 0.417. The second-order valence-corrected chi connectivity index (χ2v) is 5.93. The predicted octanol–water partition coefficient (Wildman–Crippen LogP) is 3.71. The van der Waals surface area contributed by atoms with Gasteiger partial charge in [0, 0.05) is 23.1 Å². The fourth-order valence-corrected chi connectivity index (χ4v) is 2.40. The molecule has 0 aromatic heterocycles. The van der Waals surface area contributed by atoms with Crippen molar-refractivity contribution in [1.82, 2.24) is 10.6 Å². The topological polar surface area (TPSA) is 24.1 Å². The Morgan fingerprint density at radius 3 is 2.78 bits per heavy atom. The molecule has 1 rings (SSSR count). The summed E-state index contributed by atoms with van der Waals surface area (Å²) in [7, 11) is 0. The van der Waals surface area contributed by atoms with Crippen molar-refractivity contribution >= 4 is 52.3 Å². The van der Waals surface area contributed by atoms with Crippen LogP contribution in [-0.2, 0) is 6.54 Å². The Labute approximate surface area is 128 Å². The number of hydrogen-bond acceptors (Lipinski definition) is 2. The Hall–Kier alpha value is -0.160. The minimum atomic E-state index is 0.602. The summed E-state index contributed by atoms with van der Waals surface area (Å²) in [5.41, 5.74) is 0.981. The van der Waals surface area contributed by atoms with Gasteiger partial charge < -0.3 is 10.6 Å². The number of thiocarbonyl (C=S) groups is 1. The molecule has 6 heteroatoms. The van der Waals surface area contributed by atoms with Crippen LogP contribution in [-0.4, -0.2) is 23.7 Å². The van der Waals surface area contributed by atoms with Crippen LogP contribution >= 0.6 is 47.2 Å². The molecule has 2 nitrogen and oxygen atoms in total. The van der Waals surface area contributed by atoms with Gasteiger partial charge in [-0.2, -0.15) is 11.8 Å². The predicted molar refractivity (Wildman–Crippen MR) is 86.9 cm³/mol. The summed E-state index contributed by atoms with van der Waals surface area (Å²) in [4.78, 5) is 0. The zero-order chi connectivity index (χ0) is 13.4. The van der Waals surface area contributed by atoms with Gasteiger partial charge in [-0.3, -0.25) is 0 Å². The molecule has 0 aliphatic heterocycles. The third kappa shape index (κ3) is 6.14.